The Labute approximate surface area is 150 Å². The first-order valence-corrected chi connectivity index (χ1v) is 8.76. The van der Waals surface area contributed by atoms with Gasteiger partial charge in [0.05, 0.1) is 0 Å². The van der Waals surface area contributed by atoms with Crippen LogP contribution in [0.1, 0.15) is 60.7 Å². The van der Waals surface area contributed by atoms with E-state index in [1.54, 1.807) is 6.07 Å². The predicted octanol–water partition coefficient (Wildman–Crippen LogP) is 3.52. The quantitative estimate of drug-likeness (QED) is 0.755. The Balaban J connectivity index is 1.33. The first-order chi connectivity index (χ1) is 12.6. The average Bonchev–Trinajstić information content (AvgIpc) is 3.28. The summed E-state index contributed by atoms with van der Waals surface area (Å²) < 4.78 is 10.6. The Bertz CT molecular complexity index is 894. The van der Waals surface area contributed by atoms with Crippen LogP contribution in [0.25, 0.3) is 11.3 Å². The molecular weight excluding hydrogens is 332 g/mol. The van der Waals surface area contributed by atoms with E-state index in [2.05, 4.69) is 20.6 Å². The lowest BCUT2D eigenvalue weighted by Crippen LogP contribution is -2.43. The van der Waals surface area contributed by atoms with E-state index < -0.39 is 0 Å². The monoisotopic (exact) mass is 352 g/mol. The van der Waals surface area contributed by atoms with Crippen molar-refractivity contribution in [1.29, 1.82) is 0 Å². The van der Waals surface area contributed by atoms with Gasteiger partial charge in [0, 0.05) is 29.5 Å². The Kier molecular flexibility index (Phi) is 4.28. The number of rotatable bonds is 5. The number of amides is 1. The fourth-order valence-electron chi connectivity index (χ4n) is 2.96. The maximum atomic E-state index is 12.3. The van der Waals surface area contributed by atoms with Crippen LogP contribution in [0.15, 0.2) is 45.4 Å². The molecule has 7 nitrogen and oxygen atoms in total. The summed E-state index contributed by atoms with van der Waals surface area (Å²) in [6, 6.07) is 11.3. The number of benzene rings is 1. The highest BCUT2D eigenvalue weighted by Gasteiger charge is 2.36. The van der Waals surface area contributed by atoms with Crippen LogP contribution in [0.4, 0.5) is 0 Å². The minimum Gasteiger partial charge on any atom is -0.355 e. The summed E-state index contributed by atoms with van der Waals surface area (Å²) in [5.74, 6) is 2.18. The van der Waals surface area contributed by atoms with E-state index in [0.29, 0.717) is 11.7 Å². The molecule has 3 aromatic rings. The molecule has 0 aliphatic heterocycles. The summed E-state index contributed by atoms with van der Waals surface area (Å²) in [6.45, 7) is 4.06. The summed E-state index contributed by atoms with van der Waals surface area (Å²) in [4.78, 5) is 16.8. The summed E-state index contributed by atoms with van der Waals surface area (Å²) >= 11 is 0. The van der Waals surface area contributed by atoms with Gasteiger partial charge >= 0.3 is 0 Å². The molecule has 0 spiro atoms. The fourth-order valence-corrected chi connectivity index (χ4v) is 2.96. The first-order valence-electron chi connectivity index (χ1n) is 8.76. The number of nitrogens with one attached hydrogen (secondary N) is 1. The molecule has 0 saturated heterocycles. The van der Waals surface area contributed by atoms with Crippen LogP contribution in [-0.2, 0) is 0 Å². The smallest absolute Gasteiger partial charge is 0.273 e. The average molecular weight is 352 g/mol. The van der Waals surface area contributed by atoms with Gasteiger partial charge in [0.1, 0.15) is 0 Å². The van der Waals surface area contributed by atoms with E-state index in [1.165, 1.54) is 0 Å². The first kappa shape index (κ1) is 16.5. The van der Waals surface area contributed by atoms with E-state index >= 15 is 0 Å². The second-order valence-electron chi connectivity index (χ2n) is 6.93. The molecule has 0 radical (unpaired) electrons. The van der Waals surface area contributed by atoms with E-state index in [1.807, 2.05) is 44.2 Å². The zero-order valence-electron chi connectivity index (χ0n) is 14.7. The second-order valence-corrected chi connectivity index (χ2v) is 6.93. The molecule has 0 atom stereocenters. The van der Waals surface area contributed by atoms with Crippen molar-refractivity contribution in [1.82, 2.24) is 20.6 Å². The summed E-state index contributed by atoms with van der Waals surface area (Å²) in [7, 11) is 0. The van der Waals surface area contributed by atoms with Gasteiger partial charge < -0.3 is 14.4 Å². The molecule has 1 saturated carbocycles. The number of carbonyl (C=O) groups excluding carboxylic acids is 1. The molecule has 1 aliphatic carbocycles. The molecule has 4 rings (SSSR count). The second kappa shape index (κ2) is 6.74. The van der Waals surface area contributed by atoms with Gasteiger partial charge in [-0.3, -0.25) is 4.79 Å². The molecule has 1 fully saturated rings. The van der Waals surface area contributed by atoms with Gasteiger partial charge in [0.15, 0.2) is 17.3 Å². The molecule has 26 heavy (non-hydrogen) atoms. The van der Waals surface area contributed by atoms with Crippen molar-refractivity contribution in [3.8, 4) is 11.3 Å². The molecule has 1 amide bonds. The largest absolute Gasteiger partial charge is 0.355 e. The lowest BCUT2D eigenvalue weighted by atomic mass is 9.80. The van der Waals surface area contributed by atoms with Gasteiger partial charge in [0.25, 0.3) is 5.91 Å². The van der Waals surface area contributed by atoms with Crippen molar-refractivity contribution in [3.05, 3.63) is 53.8 Å². The van der Waals surface area contributed by atoms with E-state index in [-0.39, 0.29) is 29.5 Å². The highest BCUT2D eigenvalue weighted by Crippen LogP contribution is 2.36. The van der Waals surface area contributed by atoms with E-state index in [9.17, 15) is 4.79 Å². The fraction of sp³-hybridized carbons (Fsp3) is 0.368. The predicted molar refractivity (Wildman–Crippen MR) is 93.6 cm³/mol. The highest BCUT2D eigenvalue weighted by atomic mass is 16.5. The molecule has 2 aromatic heterocycles. The van der Waals surface area contributed by atoms with Crippen LogP contribution < -0.4 is 5.32 Å². The number of nitrogens with zero attached hydrogens (tertiary/aromatic N) is 3. The van der Waals surface area contributed by atoms with Crippen LogP contribution in [0.2, 0.25) is 0 Å². The standard InChI is InChI=1S/C19H20N4O3/c1-11(2)17-21-19(26-23-17)13-8-14(9-13)20-18(24)15-10-16(25-22-15)12-6-4-3-5-7-12/h3-7,10-11,13-14H,8-9H2,1-2H3,(H,20,24)/t13-,14-. The SMILES string of the molecule is CC(C)c1noc([C@H]2C[C@H](NC(=O)c3cc(-c4ccccc4)on3)C2)n1. The Morgan fingerprint density at radius 2 is 1.92 bits per heavy atom. The van der Waals surface area contributed by atoms with Crippen LogP contribution in [0.5, 0.6) is 0 Å². The third-order valence-electron chi connectivity index (χ3n) is 4.60. The Morgan fingerprint density at radius 1 is 1.15 bits per heavy atom. The van der Waals surface area contributed by atoms with Crippen molar-refractivity contribution < 1.29 is 13.8 Å². The highest BCUT2D eigenvalue weighted by molar-refractivity contribution is 5.93. The summed E-state index contributed by atoms with van der Waals surface area (Å²) in [5, 5.41) is 10.8. The van der Waals surface area contributed by atoms with Crippen molar-refractivity contribution in [2.45, 2.75) is 44.6 Å². The van der Waals surface area contributed by atoms with Gasteiger partial charge in [-0.15, -0.1) is 0 Å². The molecule has 134 valence electrons. The minimum absolute atomic E-state index is 0.0822. The molecular formula is C19H20N4O3. The normalized spacial score (nSPS) is 19.3. The van der Waals surface area contributed by atoms with Crippen LogP contribution in [0, 0.1) is 0 Å². The lowest BCUT2D eigenvalue weighted by Gasteiger charge is -2.33. The zero-order chi connectivity index (χ0) is 18.1. The molecule has 0 bridgehead atoms. The van der Waals surface area contributed by atoms with Gasteiger partial charge in [-0.1, -0.05) is 54.5 Å². The van der Waals surface area contributed by atoms with Gasteiger partial charge in [0.2, 0.25) is 5.89 Å². The van der Waals surface area contributed by atoms with Crippen molar-refractivity contribution in [3.63, 3.8) is 0 Å². The third-order valence-corrected chi connectivity index (χ3v) is 4.60. The number of hydrogen-bond acceptors (Lipinski definition) is 6. The lowest BCUT2D eigenvalue weighted by molar-refractivity contribution is 0.0892. The maximum Gasteiger partial charge on any atom is 0.273 e. The topological polar surface area (TPSA) is 94.1 Å². The van der Waals surface area contributed by atoms with Crippen molar-refractivity contribution in [2.75, 3.05) is 0 Å². The Hall–Kier alpha value is -2.96. The van der Waals surface area contributed by atoms with Crippen molar-refractivity contribution in [2.24, 2.45) is 0 Å². The van der Waals surface area contributed by atoms with Gasteiger partial charge in [-0.25, -0.2) is 0 Å². The third kappa shape index (κ3) is 3.24. The molecule has 0 unspecified atom stereocenters. The number of hydrogen-bond donors (Lipinski definition) is 1. The number of carbonyl (C=O) groups is 1. The zero-order valence-corrected chi connectivity index (χ0v) is 14.7. The maximum absolute atomic E-state index is 12.3. The molecule has 2 heterocycles. The van der Waals surface area contributed by atoms with Crippen LogP contribution in [-0.4, -0.2) is 27.2 Å². The van der Waals surface area contributed by atoms with Gasteiger partial charge in [-0.05, 0) is 12.8 Å². The van der Waals surface area contributed by atoms with Crippen LogP contribution >= 0.6 is 0 Å². The molecule has 1 aliphatic rings. The number of aromatic nitrogens is 3. The molecule has 7 heteroatoms. The van der Waals surface area contributed by atoms with E-state index in [0.717, 1.165) is 24.2 Å². The van der Waals surface area contributed by atoms with Crippen molar-refractivity contribution >= 4 is 5.91 Å². The molecule has 1 aromatic carbocycles. The summed E-state index contributed by atoms with van der Waals surface area (Å²) in [6.07, 6.45) is 1.57. The summed E-state index contributed by atoms with van der Waals surface area (Å²) in [5.41, 5.74) is 1.17. The minimum atomic E-state index is -0.229. The molecule has 1 N–H and O–H groups in total. The van der Waals surface area contributed by atoms with Gasteiger partial charge in [-0.2, -0.15) is 4.98 Å². The Morgan fingerprint density at radius 3 is 2.62 bits per heavy atom. The van der Waals surface area contributed by atoms with E-state index in [4.69, 9.17) is 9.05 Å². The van der Waals surface area contributed by atoms with Crippen LogP contribution in [0.3, 0.4) is 0 Å².